The molecule has 0 radical (unpaired) electrons. The Morgan fingerprint density at radius 3 is 2.69 bits per heavy atom. The van der Waals surface area contributed by atoms with Crippen molar-refractivity contribution in [1.82, 2.24) is 9.78 Å². The van der Waals surface area contributed by atoms with Crippen molar-refractivity contribution >= 4 is 5.57 Å². The lowest BCUT2D eigenvalue weighted by Gasteiger charge is -2.03. The van der Waals surface area contributed by atoms with Crippen molar-refractivity contribution < 1.29 is 0 Å². The van der Waals surface area contributed by atoms with Crippen LogP contribution in [0.4, 0.5) is 0 Å². The van der Waals surface area contributed by atoms with E-state index in [1.54, 1.807) is 0 Å². The first kappa shape index (κ1) is 10.7. The minimum atomic E-state index is 1.05. The molecule has 0 amide bonds. The molecule has 0 aliphatic rings. The smallest absolute Gasteiger partial charge is 0.0952 e. The Kier molecular flexibility index (Phi) is 2.65. The van der Waals surface area contributed by atoms with E-state index in [-0.39, 0.29) is 0 Å². The summed E-state index contributed by atoms with van der Waals surface area (Å²) in [5.74, 6) is 0. The van der Waals surface area contributed by atoms with Crippen molar-refractivity contribution in [2.45, 2.75) is 13.8 Å². The summed E-state index contributed by atoms with van der Waals surface area (Å²) in [6.45, 7) is 8.06. The highest BCUT2D eigenvalue weighted by atomic mass is 15.2. The van der Waals surface area contributed by atoms with Gasteiger partial charge in [0.1, 0.15) is 0 Å². The zero-order chi connectivity index (χ0) is 11.7. The molecule has 0 unspecified atom stereocenters. The van der Waals surface area contributed by atoms with Crippen molar-refractivity contribution in [3.05, 3.63) is 48.2 Å². The highest BCUT2D eigenvalue weighted by Gasteiger charge is 2.06. The van der Waals surface area contributed by atoms with E-state index in [0.29, 0.717) is 0 Å². The highest BCUT2D eigenvalue weighted by Crippen LogP contribution is 2.24. The third-order valence-corrected chi connectivity index (χ3v) is 2.64. The SMILES string of the molecule is C=C(C)c1cccc(-c2nn(C)cc2C)c1. The largest absolute Gasteiger partial charge is 0.275 e. The third-order valence-electron chi connectivity index (χ3n) is 2.64. The molecule has 0 bridgehead atoms. The average molecular weight is 212 g/mol. The van der Waals surface area contributed by atoms with E-state index in [0.717, 1.165) is 16.8 Å². The van der Waals surface area contributed by atoms with Crippen LogP contribution < -0.4 is 0 Å². The van der Waals surface area contributed by atoms with Crippen molar-refractivity contribution in [1.29, 1.82) is 0 Å². The fraction of sp³-hybridized carbons (Fsp3) is 0.214. The highest BCUT2D eigenvalue weighted by molar-refractivity contribution is 5.70. The molecule has 2 aromatic rings. The van der Waals surface area contributed by atoms with Crippen LogP contribution in [0.5, 0.6) is 0 Å². The van der Waals surface area contributed by atoms with Crippen molar-refractivity contribution in [3.63, 3.8) is 0 Å². The molecule has 0 spiro atoms. The van der Waals surface area contributed by atoms with E-state index in [4.69, 9.17) is 0 Å². The summed E-state index contributed by atoms with van der Waals surface area (Å²) < 4.78 is 1.85. The number of aromatic nitrogens is 2. The summed E-state index contributed by atoms with van der Waals surface area (Å²) in [6, 6.07) is 8.34. The maximum Gasteiger partial charge on any atom is 0.0952 e. The van der Waals surface area contributed by atoms with Crippen LogP contribution in [0, 0.1) is 6.92 Å². The summed E-state index contributed by atoms with van der Waals surface area (Å²) >= 11 is 0. The first-order valence-electron chi connectivity index (χ1n) is 5.34. The van der Waals surface area contributed by atoms with Crippen molar-refractivity contribution in [2.75, 3.05) is 0 Å². The molecule has 0 N–H and O–H groups in total. The minimum absolute atomic E-state index is 1.05. The summed E-state index contributed by atoms with van der Waals surface area (Å²) in [6.07, 6.45) is 2.03. The van der Waals surface area contributed by atoms with Gasteiger partial charge in [-0.05, 0) is 31.0 Å². The quantitative estimate of drug-likeness (QED) is 0.745. The third kappa shape index (κ3) is 1.91. The Morgan fingerprint density at radius 1 is 1.38 bits per heavy atom. The van der Waals surface area contributed by atoms with Gasteiger partial charge in [0.15, 0.2) is 0 Å². The van der Waals surface area contributed by atoms with E-state index < -0.39 is 0 Å². The van der Waals surface area contributed by atoms with Gasteiger partial charge in [-0.1, -0.05) is 30.4 Å². The molecule has 1 aromatic carbocycles. The van der Waals surface area contributed by atoms with Crippen LogP contribution in [0.15, 0.2) is 37.0 Å². The average Bonchev–Trinajstić information content (AvgIpc) is 2.58. The monoisotopic (exact) mass is 212 g/mol. The van der Waals surface area contributed by atoms with E-state index >= 15 is 0 Å². The summed E-state index contributed by atoms with van der Waals surface area (Å²) in [4.78, 5) is 0. The number of nitrogens with zero attached hydrogens (tertiary/aromatic N) is 2. The Hall–Kier alpha value is -1.83. The second-order valence-electron chi connectivity index (χ2n) is 4.20. The van der Waals surface area contributed by atoms with Crippen LogP contribution >= 0.6 is 0 Å². The van der Waals surface area contributed by atoms with Gasteiger partial charge in [-0.3, -0.25) is 4.68 Å². The van der Waals surface area contributed by atoms with Gasteiger partial charge in [0, 0.05) is 18.8 Å². The minimum Gasteiger partial charge on any atom is -0.275 e. The van der Waals surface area contributed by atoms with Gasteiger partial charge < -0.3 is 0 Å². The molecular weight excluding hydrogens is 196 g/mol. The van der Waals surface area contributed by atoms with Gasteiger partial charge in [-0.25, -0.2) is 0 Å². The van der Waals surface area contributed by atoms with Crippen LogP contribution in [0.1, 0.15) is 18.1 Å². The van der Waals surface area contributed by atoms with E-state index in [9.17, 15) is 0 Å². The van der Waals surface area contributed by atoms with Gasteiger partial charge in [-0.2, -0.15) is 5.10 Å². The molecule has 1 aromatic heterocycles. The molecule has 1 heterocycles. The number of allylic oxidation sites excluding steroid dienone is 1. The lowest BCUT2D eigenvalue weighted by atomic mass is 10.0. The van der Waals surface area contributed by atoms with Gasteiger partial charge in [0.2, 0.25) is 0 Å². The summed E-state index contributed by atoms with van der Waals surface area (Å²) in [7, 11) is 1.94. The topological polar surface area (TPSA) is 17.8 Å². The second-order valence-corrected chi connectivity index (χ2v) is 4.20. The van der Waals surface area contributed by atoms with Crippen LogP contribution in [0.3, 0.4) is 0 Å². The predicted molar refractivity (Wildman–Crippen MR) is 68.1 cm³/mol. The molecule has 2 nitrogen and oxygen atoms in total. The molecule has 82 valence electrons. The molecule has 0 aliphatic heterocycles. The molecule has 2 heteroatoms. The van der Waals surface area contributed by atoms with Gasteiger partial charge >= 0.3 is 0 Å². The van der Waals surface area contributed by atoms with Crippen LogP contribution in [0.2, 0.25) is 0 Å². The molecule has 0 aliphatic carbocycles. The molecular formula is C14H16N2. The number of rotatable bonds is 2. The molecule has 0 atom stereocenters. The maximum atomic E-state index is 4.47. The maximum absolute atomic E-state index is 4.47. The number of hydrogen-bond donors (Lipinski definition) is 0. The first-order chi connectivity index (χ1) is 7.58. The van der Waals surface area contributed by atoms with Gasteiger partial charge in [0.25, 0.3) is 0 Å². The molecule has 16 heavy (non-hydrogen) atoms. The molecule has 0 saturated carbocycles. The lowest BCUT2D eigenvalue weighted by molar-refractivity contribution is 0.770. The van der Waals surface area contributed by atoms with Crippen LogP contribution in [-0.4, -0.2) is 9.78 Å². The molecule has 0 saturated heterocycles. The van der Waals surface area contributed by atoms with Crippen molar-refractivity contribution in [2.24, 2.45) is 7.05 Å². The summed E-state index contributed by atoms with van der Waals surface area (Å²) in [5, 5.41) is 4.47. The molecule has 0 fully saturated rings. The fourth-order valence-electron chi connectivity index (χ4n) is 1.82. The normalized spacial score (nSPS) is 10.4. The Bertz CT molecular complexity index is 535. The Morgan fingerprint density at radius 2 is 2.12 bits per heavy atom. The van der Waals surface area contributed by atoms with E-state index in [1.807, 2.05) is 30.9 Å². The zero-order valence-electron chi connectivity index (χ0n) is 9.99. The lowest BCUT2D eigenvalue weighted by Crippen LogP contribution is -1.88. The second kappa shape index (κ2) is 3.97. The Balaban J connectivity index is 2.52. The van der Waals surface area contributed by atoms with Crippen LogP contribution in [0.25, 0.3) is 16.8 Å². The number of hydrogen-bond acceptors (Lipinski definition) is 1. The first-order valence-corrected chi connectivity index (χ1v) is 5.34. The zero-order valence-corrected chi connectivity index (χ0v) is 9.99. The van der Waals surface area contributed by atoms with Gasteiger partial charge in [-0.15, -0.1) is 0 Å². The standard InChI is InChI=1S/C14H16N2/c1-10(2)12-6-5-7-13(8-12)14-11(3)9-16(4)15-14/h5-9H,1H2,2-4H3. The Labute approximate surface area is 96.2 Å². The van der Waals surface area contributed by atoms with E-state index in [2.05, 4.69) is 36.8 Å². The van der Waals surface area contributed by atoms with Gasteiger partial charge in [0.05, 0.1) is 5.69 Å². The summed E-state index contributed by atoms with van der Waals surface area (Å²) in [5.41, 5.74) is 5.64. The van der Waals surface area contributed by atoms with E-state index in [1.165, 1.54) is 11.1 Å². The fourth-order valence-corrected chi connectivity index (χ4v) is 1.82. The molecule has 2 rings (SSSR count). The van der Waals surface area contributed by atoms with Crippen molar-refractivity contribution in [3.8, 4) is 11.3 Å². The predicted octanol–water partition coefficient (Wildman–Crippen LogP) is 3.43. The number of aryl methyl sites for hydroxylation is 2. The van der Waals surface area contributed by atoms with Crippen LogP contribution in [-0.2, 0) is 7.05 Å². The number of benzene rings is 1.